The summed E-state index contributed by atoms with van der Waals surface area (Å²) >= 11 is 9.10. The third kappa shape index (κ3) is 5.73. The second-order valence-electron chi connectivity index (χ2n) is 7.59. The molecular formula is C23H24ClNO4S2. The fourth-order valence-corrected chi connectivity index (χ4v) is 6.04. The lowest BCUT2D eigenvalue weighted by molar-refractivity contribution is -0.148. The molecule has 2 N–H and O–H groups in total. The Bertz CT molecular complexity index is 1060. The van der Waals surface area contributed by atoms with Gasteiger partial charge in [-0.05, 0) is 51.0 Å². The summed E-state index contributed by atoms with van der Waals surface area (Å²) in [4.78, 5) is 35.2. The van der Waals surface area contributed by atoms with Gasteiger partial charge in [0.25, 0.3) is 5.91 Å². The predicted molar refractivity (Wildman–Crippen MR) is 128 cm³/mol. The van der Waals surface area contributed by atoms with Gasteiger partial charge in [-0.3, -0.25) is 14.4 Å². The van der Waals surface area contributed by atoms with Gasteiger partial charge in [0.05, 0.1) is 11.5 Å². The van der Waals surface area contributed by atoms with E-state index in [2.05, 4.69) is 10.7 Å². The molecule has 5 nitrogen and oxygen atoms in total. The van der Waals surface area contributed by atoms with E-state index < -0.39 is 11.9 Å². The number of amides is 1. The number of benzene rings is 1. The summed E-state index contributed by atoms with van der Waals surface area (Å²) in [6.45, 7) is 3.47. The summed E-state index contributed by atoms with van der Waals surface area (Å²) in [6, 6.07) is 7.12. The van der Waals surface area contributed by atoms with Crippen LogP contribution < -0.4 is 5.32 Å². The monoisotopic (exact) mass is 477 g/mol. The molecule has 0 aliphatic heterocycles. The Labute approximate surface area is 194 Å². The number of rotatable bonds is 4. The first-order chi connectivity index (χ1) is 14.8. The Morgan fingerprint density at radius 2 is 1.71 bits per heavy atom. The SMILES string of the molecule is CC(=O)C1CCCCC1C(=O)O.Cc1sc2cscc2c1C(=O)Nc1ccc(Cl)cc1. The van der Waals surface area contributed by atoms with Crippen LogP contribution in [-0.4, -0.2) is 22.8 Å². The summed E-state index contributed by atoms with van der Waals surface area (Å²) in [5.74, 6) is -1.49. The fourth-order valence-electron chi connectivity index (χ4n) is 3.87. The van der Waals surface area contributed by atoms with Gasteiger partial charge in [0.1, 0.15) is 5.78 Å². The molecule has 3 aromatic rings. The molecule has 2 aromatic heterocycles. The number of carboxylic acids is 1. The second kappa shape index (κ2) is 10.4. The molecule has 2 atom stereocenters. The van der Waals surface area contributed by atoms with Gasteiger partial charge >= 0.3 is 5.97 Å². The molecule has 4 rings (SSSR count). The van der Waals surface area contributed by atoms with Crippen LogP contribution in [0.1, 0.15) is 47.8 Å². The standard InChI is InChI=1S/C14H10ClNOS2.C9H14O3/c1-8-13(11-6-18-7-12(11)19-8)14(17)16-10-4-2-9(15)3-5-10;1-6(10)7-4-2-3-5-8(7)9(11)12/h2-7H,1H3,(H,16,17);7-8H,2-5H2,1H3,(H,11,12). The van der Waals surface area contributed by atoms with Crippen molar-refractivity contribution in [2.24, 2.45) is 11.8 Å². The highest BCUT2D eigenvalue weighted by Crippen LogP contribution is 2.34. The van der Waals surface area contributed by atoms with Gasteiger partial charge in [-0.25, -0.2) is 0 Å². The highest BCUT2D eigenvalue weighted by molar-refractivity contribution is 7.23. The molecule has 2 heterocycles. The molecule has 8 heteroatoms. The van der Waals surface area contributed by atoms with Gasteiger partial charge in [-0.15, -0.1) is 11.3 Å². The van der Waals surface area contributed by atoms with E-state index >= 15 is 0 Å². The Morgan fingerprint density at radius 3 is 2.29 bits per heavy atom. The maximum absolute atomic E-state index is 12.4. The van der Waals surface area contributed by atoms with E-state index in [1.54, 1.807) is 46.9 Å². The number of halogens is 1. The van der Waals surface area contributed by atoms with Crippen molar-refractivity contribution in [2.75, 3.05) is 5.32 Å². The summed E-state index contributed by atoms with van der Waals surface area (Å²) < 4.78 is 1.17. The zero-order valence-electron chi connectivity index (χ0n) is 17.3. The topological polar surface area (TPSA) is 83.5 Å². The number of carboxylic acid groups (broad SMARTS) is 1. The lowest BCUT2D eigenvalue weighted by Gasteiger charge is -2.25. The highest BCUT2D eigenvalue weighted by atomic mass is 35.5. The molecule has 0 radical (unpaired) electrons. The molecule has 0 spiro atoms. The first-order valence-electron chi connectivity index (χ1n) is 10.0. The number of Topliss-reactive ketones (excluding diaryl/α,β-unsaturated/α-hetero) is 1. The molecule has 1 amide bonds. The summed E-state index contributed by atoms with van der Waals surface area (Å²) in [6.07, 6.45) is 3.36. The van der Waals surface area contributed by atoms with Crippen LogP contribution in [0.15, 0.2) is 35.0 Å². The minimum atomic E-state index is -0.810. The number of nitrogens with one attached hydrogen (secondary N) is 1. The van der Waals surface area contributed by atoms with E-state index in [4.69, 9.17) is 16.7 Å². The number of aryl methyl sites for hydroxylation is 1. The van der Waals surface area contributed by atoms with Gasteiger partial charge in [-0.2, -0.15) is 11.3 Å². The average molecular weight is 478 g/mol. The maximum atomic E-state index is 12.4. The van der Waals surface area contributed by atoms with E-state index in [0.29, 0.717) is 11.4 Å². The van der Waals surface area contributed by atoms with Gasteiger partial charge in [0, 0.05) is 42.4 Å². The first-order valence-corrected chi connectivity index (χ1v) is 12.2. The van der Waals surface area contributed by atoms with E-state index in [-0.39, 0.29) is 17.6 Å². The molecule has 1 aliphatic rings. The average Bonchev–Trinajstić information content (AvgIpc) is 3.30. The van der Waals surface area contributed by atoms with Crippen LogP contribution in [0.4, 0.5) is 5.69 Å². The minimum Gasteiger partial charge on any atom is -0.481 e. The molecule has 1 aromatic carbocycles. The smallest absolute Gasteiger partial charge is 0.307 e. The molecule has 0 bridgehead atoms. The molecular weight excluding hydrogens is 454 g/mol. The predicted octanol–water partition coefficient (Wildman–Crippen LogP) is 6.64. The summed E-state index contributed by atoms with van der Waals surface area (Å²) in [7, 11) is 0. The molecule has 0 saturated heterocycles. The number of thiophene rings is 2. The highest BCUT2D eigenvalue weighted by Gasteiger charge is 2.33. The molecule has 1 fully saturated rings. The molecule has 1 saturated carbocycles. The first kappa shape index (κ1) is 23.4. The Morgan fingerprint density at radius 1 is 1.06 bits per heavy atom. The van der Waals surface area contributed by atoms with Crippen molar-refractivity contribution in [3.63, 3.8) is 0 Å². The number of carbonyl (C=O) groups excluding carboxylic acids is 2. The van der Waals surface area contributed by atoms with Crippen molar-refractivity contribution in [1.82, 2.24) is 0 Å². The second-order valence-corrected chi connectivity index (χ2v) is 10.0. The zero-order valence-corrected chi connectivity index (χ0v) is 19.7. The van der Waals surface area contributed by atoms with Crippen molar-refractivity contribution in [3.8, 4) is 0 Å². The van der Waals surface area contributed by atoms with E-state index in [0.717, 1.165) is 40.8 Å². The third-order valence-electron chi connectivity index (χ3n) is 5.45. The van der Waals surface area contributed by atoms with E-state index in [1.165, 1.54) is 11.6 Å². The Hall–Kier alpha value is -2.22. The van der Waals surface area contributed by atoms with Gasteiger partial charge in [0.2, 0.25) is 0 Å². The minimum absolute atomic E-state index is 0.0297. The number of carbonyl (C=O) groups is 3. The van der Waals surface area contributed by atoms with Crippen LogP contribution in [-0.2, 0) is 9.59 Å². The van der Waals surface area contributed by atoms with Crippen LogP contribution in [0.25, 0.3) is 10.1 Å². The van der Waals surface area contributed by atoms with Crippen LogP contribution in [0.2, 0.25) is 5.02 Å². The number of hydrogen-bond acceptors (Lipinski definition) is 5. The van der Waals surface area contributed by atoms with Gasteiger partial charge < -0.3 is 10.4 Å². The molecule has 1 aliphatic carbocycles. The van der Waals surface area contributed by atoms with Crippen molar-refractivity contribution in [3.05, 3.63) is 50.5 Å². The van der Waals surface area contributed by atoms with Crippen molar-refractivity contribution in [1.29, 1.82) is 0 Å². The van der Waals surface area contributed by atoms with Gasteiger partial charge in [0.15, 0.2) is 0 Å². The molecule has 31 heavy (non-hydrogen) atoms. The van der Waals surface area contributed by atoms with E-state index in [1.807, 2.05) is 12.3 Å². The van der Waals surface area contributed by atoms with Crippen LogP contribution in [0.3, 0.4) is 0 Å². The number of fused-ring (bicyclic) bond motifs is 1. The largest absolute Gasteiger partial charge is 0.481 e. The molecule has 164 valence electrons. The number of ketones is 1. The summed E-state index contributed by atoms with van der Waals surface area (Å²) in [5.41, 5.74) is 1.53. The Kier molecular flexibility index (Phi) is 7.86. The van der Waals surface area contributed by atoms with E-state index in [9.17, 15) is 14.4 Å². The molecule has 2 unspecified atom stereocenters. The fraction of sp³-hybridized carbons (Fsp3) is 0.348. The summed E-state index contributed by atoms with van der Waals surface area (Å²) in [5, 5.41) is 17.5. The van der Waals surface area contributed by atoms with Gasteiger partial charge in [-0.1, -0.05) is 24.4 Å². The number of hydrogen-bond donors (Lipinski definition) is 2. The van der Waals surface area contributed by atoms with Crippen molar-refractivity contribution in [2.45, 2.75) is 39.5 Å². The van der Waals surface area contributed by atoms with Crippen molar-refractivity contribution < 1.29 is 19.5 Å². The van der Waals surface area contributed by atoms with Crippen LogP contribution >= 0.6 is 34.3 Å². The quantitative estimate of drug-likeness (QED) is 0.441. The van der Waals surface area contributed by atoms with Crippen LogP contribution in [0.5, 0.6) is 0 Å². The zero-order chi connectivity index (χ0) is 22.5. The third-order valence-corrected chi connectivity index (χ3v) is 7.66. The number of aliphatic carboxylic acids is 1. The Balaban J connectivity index is 0.000000196. The lowest BCUT2D eigenvalue weighted by Crippen LogP contribution is -2.31. The lowest BCUT2D eigenvalue weighted by atomic mass is 9.77. The maximum Gasteiger partial charge on any atom is 0.307 e. The van der Waals surface area contributed by atoms with Crippen molar-refractivity contribution >= 4 is 67.7 Å². The van der Waals surface area contributed by atoms with Crippen LogP contribution in [0, 0.1) is 18.8 Å². The number of anilines is 1. The normalized spacial score (nSPS) is 18.2.